The molecule has 0 aliphatic carbocycles. The number of allylic oxidation sites excluding steroid dienone is 2. The molecule has 0 fully saturated rings. The summed E-state index contributed by atoms with van der Waals surface area (Å²) in [6.45, 7) is 1.24. The Kier molecular flexibility index (Phi) is 3.37. The van der Waals surface area contributed by atoms with Gasteiger partial charge in [0.25, 0.3) is 0 Å². The molecule has 0 bridgehead atoms. The van der Waals surface area contributed by atoms with Crippen LogP contribution < -0.4 is 4.74 Å². The van der Waals surface area contributed by atoms with Gasteiger partial charge >= 0.3 is 0 Å². The Morgan fingerprint density at radius 3 is 2.85 bits per heavy atom. The molecule has 0 saturated carbocycles. The van der Waals surface area contributed by atoms with Gasteiger partial charge < -0.3 is 9.64 Å². The zero-order valence-corrected chi connectivity index (χ0v) is 11.3. The van der Waals surface area contributed by atoms with Crippen molar-refractivity contribution in [1.29, 1.82) is 0 Å². The van der Waals surface area contributed by atoms with Gasteiger partial charge in [0.15, 0.2) is 5.78 Å². The number of hydrogen-bond acceptors (Lipinski definition) is 4. The first-order valence-electron chi connectivity index (χ1n) is 6.62. The van der Waals surface area contributed by atoms with Crippen molar-refractivity contribution >= 4 is 11.6 Å². The highest BCUT2D eigenvalue weighted by Crippen LogP contribution is 2.20. The SMILES string of the molecule is COc1ccc(C(=O)C2CN=C3C=CC=CN3C2)cc1. The van der Waals surface area contributed by atoms with Gasteiger partial charge in [-0.3, -0.25) is 9.79 Å². The molecular formula is C16H16N2O2. The van der Waals surface area contributed by atoms with Crippen molar-refractivity contribution < 1.29 is 9.53 Å². The summed E-state index contributed by atoms with van der Waals surface area (Å²) in [4.78, 5) is 19.0. The lowest BCUT2D eigenvalue weighted by Gasteiger charge is -2.30. The topological polar surface area (TPSA) is 41.9 Å². The molecule has 0 radical (unpaired) electrons. The molecule has 0 spiro atoms. The summed E-state index contributed by atoms with van der Waals surface area (Å²) in [6.07, 6.45) is 7.85. The summed E-state index contributed by atoms with van der Waals surface area (Å²) in [7, 11) is 1.62. The molecule has 1 atom stereocenters. The van der Waals surface area contributed by atoms with Crippen molar-refractivity contribution in [2.45, 2.75) is 0 Å². The number of benzene rings is 1. The molecule has 4 nitrogen and oxygen atoms in total. The maximum absolute atomic E-state index is 12.5. The maximum atomic E-state index is 12.5. The molecule has 20 heavy (non-hydrogen) atoms. The lowest BCUT2D eigenvalue weighted by molar-refractivity contribution is 0.0909. The van der Waals surface area contributed by atoms with Gasteiger partial charge in [0.2, 0.25) is 0 Å². The van der Waals surface area contributed by atoms with Crippen LogP contribution in [0.2, 0.25) is 0 Å². The Morgan fingerprint density at radius 2 is 2.10 bits per heavy atom. The zero-order chi connectivity index (χ0) is 13.9. The molecule has 0 N–H and O–H groups in total. The van der Waals surface area contributed by atoms with E-state index < -0.39 is 0 Å². The van der Waals surface area contributed by atoms with E-state index >= 15 is 0 Å². The van der Waals surface area contributed by atoms with Crippen molar-refractivity contribution in [3.63, 3.8) is 0 Å². The van der Waals surface area contributed by atoms with Crippen LogP contribution >= 0.6 is 0 Å². The first-order valence-corrected chi connectivity index (χ1v) is 6.62. The minimum Gasteiger partial charge on any atom is -0.497 e. The van der Waals surface area contributed by atoms with Gasteiger partial charge in [0, 0.05) is 18.3 Å². The zero-order valence-electron chi connectivity index (χ0n) is 11.3. The van der Waals surface area contributed by atoms with Gasteiger partial charge in [-0.25, -0.2) is 0 Å². The number of carbonyl (C=O) groups is 1. The van der Waals surface area contributed by atoms with Gasteiger partial charge in [-0.2, -0.15) is 0 Å². The highest BCUT2D eigenvalue weighted by atomic mass is 16.5. The second-order valence-electron chi connectivity index (χ2n) is 4.84. The van der Waals surface area contributed by atoms with Crippen molar-refractivity contribution in [1.82, 2.24) is 4.90 Å². The van der Waals surface area contributed by atoms with Crippen LogP contribution in [0.25, 0.3) is 0 Å². The largest absolute Gasteiger partial charge is 0.497 e. The monoisotopic (exact) mass is 268 g/mol. The quantitative estimate of drug-likeness (QED) is 0.790. The minimum absolute atomic E-state index is 0.0942. The molecule has 2 aliphatic heterocycles. The highest BCUT2D eigenvalue weighted by Gasteiger charge is 2.27. The van der Waals surface area contributed by atoms with E-state index in [-0.39, 0.29) is 11.7 Å². The van der Waals surface area contributed by atoms with Gasteiger partial charge in [-0.15, -0.1) is 0 Å². The smallest absolute Gasteiger partial charge is 0.169 e. The molecule has 1 aromatic rings. The Bertz CT molecular complexity index is 599. The number of nitrogens with zero attached hydrogens (tertiary/aromatic N) is 2. The third-order valence-corrected chi connectivity index (χ3v) is 3.55. The number of ether oxygens (including phenoxy) is 1. The van der Waals surface area contributed by atoms with E-state index in [0.717, 1.165) is 11.6 Å². The molecule has 0 aromatic heterocycles. The lowest BCUT2D eigenvalue weighted by atomic mass is 9.95. The Balaban J connectivity index is 1.76. The molecule has 2 aliphatic rings. The summed E-state index contributed by atoms with van der Waals surface area (Å²) < 4.78 is 5.11. The number of carbonyl (C=O) groups excluding carboxylic acids is 1. The average molecular weight is 268 g/mol. The van der Waals surface area contributed by atoms with Crippen LogP contribution in [0.1, 0.15) is 10.4 Å². The lowest BCUT2D eigenvalue weighted by Crippen LogP contribution is -2.40. The number of fused-ring (bicyclic) bond motifs is 1. The number of aliphatic imine (C=N–C) groups is 1. The molecule has 2 heterocycles. The summed E-state index contributed by atoms with van der Waals surface area (Å²) in [5.74, 6) is 1.74. The van der Waals surface area contributed by atoms with E-state index in [1.54, 1.807) is 7.11 Å². The number of amidine groups is 1. The van der Waals surface area contributed by atoms with Crippen LogP contribution in [-0.4, -0.2) is 36.7 Å². The number of methoxy groups -OCH3 is 1. The fourth-order valence-electron chi connectivity index (χ4n) is 2.42. The molecule has 3 rings (SSSR count). The maximum Gasteiger partial charge on any atom is 0.169 e. The number of Topliss-reactive ketones (excluding diaryl/α,β-unsaturated/α-hetero) is 1. The minimum atomic E-state index is -0.0942. The fraction of sp³-hybridized carbons (Fsp3) is 0.250. The second kappa shape index (κ2) is 5.33. The third kappa shape index (κ3) is 2.37. The first-order chi connectivity index (χ1) is 9.78. The van der Waals surface area contributed by atoms with E-state index in [9.17, 15) is 4.79 Å². The molecule has 102 valence electrons. The van der Waals surface area contributed by atoms with E-state index in [1.807, 2.05) is 53.6 Å². The van der Waals surface area contributed by atoms with Gasteiger partial charge in [0.1, 0.15) is 11.6 Å². The van der Waals surface area contributed by atoms with E-state index in [4.69, 9.17) is 4.74 Å². The van der Waals surface area contributed by atoms with E-state index in [0.29, 0.717) is 18.7 Å². The van der Waals surface area contributed by atoms with Crippen LogP contribution in [0, 0.1) is 5.92 Å². The van der Waals surface area contributed by atoms with Crippen molar-refractivity contribution in [3.8, 4) is 5.75 Å². The van der Waals surface area contributed by atoms with Crippen LogP contribution in [0.5, 0.6) is 5.75 Å². The average Bonchev–Trinajstić information content (AvgIpc) is 2.54. The molecule has 4 heteroatoms. The molecule has 0 amide bonds. The number of rotatable bonds is 3. The van der Waals surface area contributed by atoms with Crippen molar-refractivity contribution in [2.24, 2.45) is 10.9 Å². The summed E-state index contributed by atoms with van der Waals surface area (Å²) in [6, 6.07) is 7.25. The summed E-state index contributed by atoms with van der Waals surface area (Å²) in [5, 5.41) is 0. The van der Waals surface area contributed by atoms with Gasteiger partial charge in [-0.05, 0) is 36.4 Å². The predicted molar refractivity (Wildman–Crippen MR) is 78.1 cm³/mol. The van der Waals surface area contributed by atoms with Gasteiger partial charge in [0.05, 0.1) is 19.6 Å². The molecule has 1 unspecified atom stereocenters. The Hall–Kier alpha value is -2.36. The summed E-state index contributed by atoms with van der Waals surface area (Å²) >= 11 is 0. The Labute approximate surface area is 118 Å². The second-order valence-corrected chi connectivity index (χ2v) is 4.84. The molecular weight excluding hydrogens is 252 g/mol. The number of hydrogen-bond donors (Lipinski definition) is 0. The highest BCUT2D eigenvalue weighted by molar-refractivity contribution is 6.01. The third-order valence-electron chi connectivity index (χ3n) is 3.55. The van der Waals surface area contributed by atoms with Crippen LogP contribution in [0.15, 0.2) is 53.7 Å². The van der Waals surface area contributed by atoms with Crippen LogP contribution in [0.4, 0.5) is 0 Å². The van der Waals surface area contributed by atoms with Crippen LogP contribution in [0.3, 0.4) is 0 Å². The van der Waals surface area contributed by atoms with E-state index in [1.165, 1.54) is 0 Å². The first kappa shape index (κ1) is 12.7. The van der Waals surface area contributed by atoms with Gasteiger partial charge in [-0.1, -0.05) is 6.08 Å². The normalized spacial score (nSPS) is 20.4. The predicted octanol–water partition coefficient (Wildman–Crippen LogP) is 2.29. The molecule has 0 saturated heterocycles. The van der Waals surface area contributed by atoms with E-state index in [2.05, 4.69) is 4.99 Å². The van der Waals surface area contributed by atoms with Crippen molar-refractivity contribution in [3.05, 3.63) is 54.3 Å². The number of ketones is 1. The fourth-order valence-corrected chi connectivity index (χ4v) is 2.42. The summed E-state index contributed by atoms with van der Waals surface area (Å²) in [5.41, 5.74) is 0.714. The standard InChI is InChI=1S/C16H16N2O2/c1-20-14-7-5-12(6-8-14)16(19)13-10-17-15-4-2-3-9-18(15)11-13/h2-9,13H,10-11H2,1H3. The van der Waals surface area contributed by atoms with Crippen molar-refractivity contribution in [2.75, 3.05) is 20.2 Å². The Morgan fingerprint density at radius 1 is 1.30 bits per heavy atom. The van der Waals surface area contributed by atoms with Crippen LogP contribution in [-0.2, 0) is 0 Å². The molecule has 1 aromatic carbocycles.